The van der Waals surface area contributed by atoms with Crippen LogP contribution < -0.4 is 26.3 Å². The van der Waals surface area contributed by atoms with Gasteiger partial charge in [-0.05, 0) is 67.5 Å². The number of aliphatic imine (C=N–C) groups is 1. The molecule has 0 bridgehead atoms. The van der Waals surface area contributed by atoms with Crippen molar-refractivity contribution in [3.05, 3.63) is 99.0 Å². The van der Waals surface area contributed by atoms with Crippen molar-refractivity contribution in [1.82, 2.24) is 20.2 Å². The summed E-state index contributed by atoms with van der Waals surface area (Å²) in [4.78, 5) is 21.5. The number of hydrazine groups is 2. The summed E-state index contributed by atoms with van der Waals surface area (Å²) in [6, 6.07) is 17.6. The highest BCUT2D eigenvalue weighted by molar-refractivity contribution is 5.89. The van der Waals surface area contributed by atoms with Crippen molar-refractivity contribution in [2.45, 2.75) is 25.9 Å². The highest BCUT2D eigenvalue weighted by atomic mass is 16.5. The highest BCUT2D eigenvalue weighted by Crippen LogP contribution is 2.27. The molecule has 0 unspecified atom stereocenters. The molecule has 37 heavy (non-hydrogen) atoms. The number of hydrogen-bond acceptors (Lipinski definition) is 7. The zero-order valence-electron chi connectivity index (χ0n) is 20.6. The molecule has 1 aliphatic carbocycles. The van der Waals surface area contributed by atoms with Crippen LogP contribution in [0.4, 0.5) is 5.69 Å². The van der Waals surface area contributed by atoms with Crippen LogP contribution in [0.3, 0.4) is 0 Å². The predicted molar refractivity (Wildman–Crippen MR) is 144 cm³/mol. The molecule has 0 saturated carbocycles. The second kappa shape index (κ2) is 8.78. The molecule has 0 spiro atoms. The third-order valence-electron chi connectivity index (χ3n) is 6.96. The van der Waals surface area contributed by atoms with Gasteiger partial charge in [0.1, 0.15) is 17.5 Å². The van der Waals surface area contributed by atoms with Crippen molar-refractivity contribution in [1.29, 1.82) is 5.26 Å². The highest BCUT2D eigenvalue weighted by Gasteiger charge is 2.32. The third kappa shape index (κ3) is 3.71. The van der Waals surface area contributed by atoms with Crippen molar-refractivity contribution >= 4 is 28.6 Å². The second-order valence-corrected chi connectivity index (χ2v) is 9.16. The number of aromatic nitrogens is 2. The molecule has 3 heterocycles. The van der Waals surface area contributed by atoms with Gasteiger partial charge in [0.2, 0.25) is 0 Å². The van der Waals surface area contributed by atoms with Gasteiger partial charge >= 0.3 is 0 Å². The summed E-state index contributed by atoms with van der Waals surface area (Å²) < 4.78 is 6.81. The lowest BCUT2D eigenvalue weighted by atomic mass is 9.97. The molecule has 2 aromatic carbocycles. The molecule has 2 aliphatic rings. The number of pyridine rings is 1. The topological polar surface area (TPSA) is 110 Å². The standard InChI is InChI=1S/C28H25N7O2/c1-16-12-24-25(33-35(32-24)18-8-10-19(37-3)11-9-18)13-23(16)30-15-21-17(2)20(14-29)27-31-22-6-4-5-7-26(22)34(27)28(21)36/h4-13,15,24-25,31-33H,1-3H3/t24-,25+/m0/s1. The van der Waals surface area contributed by atoms with E-state index in [1.807, 2.05) is 60.6 Å². The van der Waals surface area contributed by atoms with Crippen LogP contribution in [-0.2, 0) is 0 Å². The van der Waals surface area contributed by atoms with E-state index in [2.05, 4.69) is 34.1 Å². The molecule has 9 nitrogen and oxygen atoms in total. The molecule has 1 fully saturated rings. The van der Waals surface area contributed by atoms with Gasteiger partial charge in [-0.1, -0.05) is 18.2 Å². The minimum atomic E-state index is -0.213. The lowest BCUT2D eigenvalue weighted by Crippen LogP contribution is -2.40. The summed E-state index contributed by atoms with van der Waals surface area (Å²) >= 11 is 0. The van der Waals surface area contributed by atoms with Crippen LogP contribution in [0.5, 0.6) is 5.75 Å². The van der Waals surface area contributed by atoms with E-state index < -0.39 is 0 Å². The zero-order valence-corrected chi connectivity index (χ0v) is 20.6. The maximum absolute atomic E-state index is 13.5. The number of nitriles is 1. The summed E-state index contributed by atoms with van der Waals surface area (Å²) in [6.45, 7) is 3.79. The van der Waals surface area contributed by atoms with Gasteiger partial charge in [-0.15, -0.1) is 0 Å². The minimum absolute atomic E-state index is 0.0223. The SMILES string of the molecule is COc1ccc(N2N[C@H]3C=C(C)C(N=Cc4c(C)c(C#N)c5[nH]c6ccccc6n5c4=O)=C[C@H]3N2)cc1. The Labute approximate surface area is 212 Å². The lowest BCUT2D eigenvalue weighted by molar-refractivity contribution is 0.414. The average Bonchev–Trinajstić information content (AvgIpc) is 3.50. The fourth-order valence-electron chi connectivity index (χ4n) is 4.94. The average molecular weight is 492 g/mol. The number of fused-ring (bicyclic) bond motifs is 4. The number of imidazole rings is 1. The molecule has 6 rings (SSSR count). The molecule has 9 heteroatoms. The van der Waals surface area contributed by atoms with Gasteiger partial charge in [0.15, 0.2) is 0 Å². The van der Waals surface area contributed by atoms with E-state index in [9.17, 15) is 10.1 Å². The largest absolute Gasteiger partial charge is 0.497 e. The van der Waals surface area contributed by atoms with Gasteiger partial charge < -0.3 is 9.72 Å². The van der Waals surface area contributed by atoms with Crippen molar-refractivity contribution in [3.8, 4) is 11.8 Å². The number of aromatic amines is 1. The van der Waals surface area contributed by atoms with E-state index in [1.165, 1.54) is 0 Å². The zero-order chi connectivity index (χ0) is 25.7. The van der Waals surface area contributed by atoms with Crippen LogP contribution in [0.1, 0.15) is 23.6 Å². The van der Waals surface area contributed by atoms with Gasteiger partial charge in [0.25, 0.3) is 5.56 Å². The molecule has 2 atom stereocenters. The van der Waals surface area contributed by atoms with Crippen molar-refractivity contribution < 1.29 is 4.74 Å². The first-order chi connectivity index (χ1) is 18.0. The first kappa shape index (κ1) is 22.8. The number of para-hydroxylation sites is 2. The van der Waals surface area contributed by atoms with E-state index in [0.717, 1.165) is 33.7 Å². The Bertz CT molecular complexity index is 1730. The quantitative estimate of drug-likeness (QED) is 0.377. The third-order valence-corrected chi connectivity index (χ3v) is 6.96. The predicted octanol–water partition coefficient (Wildman–Crippen LogP) is 3.50. The molecule has 0 radical (unpaired) electrons. The first-order valence-corrected chi connectivity index (χ1v) is 12.0. The molecule has 1 aliphatic heterocycles. The minimum Gasteiger partial charge on any atom is -0.497 e. The Morgan fingerprint density at radius 1 is 1.05 bits per heavy atom. The molecule has 2 aromatic heterocycles. The van der Waals surface area contributed by atoms with Crippen molar-refractivity contribution in [3.63, 3.8) is 0 Å². The van der Waals surface area contributed by atoms with Gasteiger partial charge in [-0.25, -0.2) is 16.0 Å². The summed E-state index contributed by atoms with van der Waals surface area (Å²) in [5.74, 6) is 0.796. The van der Waals surface area contributed by atoms with Crippen molar-refractivity contribution in [2.24, 2.45) is 4.99 Å². The van der Waals surface area contributed by atoms with E-state index in [4.69, 9.17) is 9.73 Å². The van der Waals surface area contributed by atoms with Gasteiger partial charge in [-0.3, -0.25) is 14.2 Å². The molecule has 1 saturated heterocycles. The number of allylic oxidation sites excluding steroid dienone is 1. The van der Waals surface area contributed by atoms with Crippen LogP contribution in [0.2, 0.25) is 0 Å². The van der Waals surface area contributed by atoms with E-state index >= 15 is 0 Å². The monoisotopic (exact) mass is 491 g/mol. The van der Waals surface area contributed by atoms with Crippen LogP contribution >= 0.6 is 0 Å². The van der Waals surface area contributed by atoms with Crippen LogP contribution in [-0.4, -0.2) is 34.8 Å². The Balaban J connectivity index is 1.35. The number of methoxy groups -OCH3 is 1. The number of anilines is 1. The summed E-state index contributed by atoms with van der Waals surface area (Å²) in [5.41, 5.74) is 12.9. The normalized spacial score (nSPS) is 19.2. The molecule has 184 valence electrons. The van der Waals surface area contributed by atoms with Crippen LogP contribution in [0, 0.1) is 18.3 Å². The fourth-order valence-corrected chi connectivity index (χ4v) is 4.94. The molecule has 3 N–H and O–H groups in total. The molecular formula is C28H25N7O2. The molecular weight excluding hydrogens is 466 g/mol. The first-order valence-electron chi connectivity index (χ1n) is 12.0. The number of nitrogens with zero attached hydrogens (tertiary/aromatic N) is 4. The second-order valence-electron chi connectivity index (χ2n) is 9.16. The van der Waals surface area contributed by atoms with Crippen LogP contribution in [0.25, 0.3) is 16.7 Å². The number of H-pyrrole nitrogens is 1. The Morgan fingerprint density at radius 3 is 2.51 bits per heavy atom. The maximum Gasteiger partial charge on any atom is 0.265 e. The Kier molecular flexibility index (Phi) is 5.41. The van der Waals surface area contributed by atoms with Gasteiger partial charge in [0.05, 0.1) is 52.7 Å². The number of nitrogens with one attached hydrogen (secondary N) is 3. The summed E-state index contributed by atoms with van der Waals surface area (Å²) in [5, 5.41) is 11.8. The number of ether oxygens (including phenoxy) is 1. The van der Waals surface area contributed by atoms with E-state index in [-0.39, 0.29) is 17.6 Å². The summed E-state index contributed by atoms with van der Waals surface area (Å²) in [6.07, 6.45) is 5.76. The van der Waals surface area contributed by atoms with E-state index in [0.29, 0.717) is 22.3 Å². The maximum atomic E-state index is 13.5. The Hall–Kier alpha value is -4.65. The lowest BCUT2D eigenvalue weighted by Gasteiger charge is -2.18. The molecule has 4 aromatic rings. The van der Waals surface area contributed by atoms with Crippen LogP contribution in [0.15, 0.2) is 81.7 Å². The van der Waals surface area contributed by atoms with Gasteiger partial charge in [-0.2, -0.15) is 5.26 Å². The smallest absolute Gasteiger partial charge is 0.265 e. The van der Waals surface area contributed by atoms with Gasteiger partial charge in [0, 0.05) is 6.21 Å². The van der Waals surface area contributed by atoms with Crippen molar-refractivity contribution in [2.75, 3.05) is 12.2 Å². The summed E-state index contributed by atoms with van der Waals surface area (Å²) in [7, 11) is 1.64. The number of hydrogen-bond donors (Lipinski definition) is 3. The Morgan fingerprint density at radius 2 is 1.78 bits per heavy atom. The fraction of sp³-hybridized carbons (Fsp3) is 0.179. The molecule has 0 amide bonds. The van der Waals surface area contributed by atoms with E-state index in [1.54, 1.807) is 24.6 Å². The number of rotatable bonds is 4. The number of benzene rings is 2.